The fourth-order valence-electron chi connectivity index (χ4n) is 2.82. The number of furan rings is 1. The predicted molar refractivity (Wildman–Crippen MR) is 88.4 cm³/mol. The minimum atomic E-state index is -0.186. The van der Waals surface area contributed by atoms with Gasteiger partial charge in [0.2, 0.25) is 0 Å². The molecule has 4 rings (SSSR count). The lowest BCUT2D eigenvalue weighted by Crippen LogP contribution is -2.23. The van der Waals surface area contributed by atoms with Crippen molar-refractivity contribution in [3.05, 3.63) is 70.9 Å². The van der Waals surface area contributed by atoms with Gasteiger partial charge in [0.1, 0.15) is 11.5 Å². The molecule has 1 saturated heterocycles. The summed E-state index contributed by atoms with van der Waals surface area (Å²) in [6.07, 6.45) is 3.43. The summed E-state index contributed by atoms with van der Waals surface area (Å²) in [6, 6.07) is 11.6. The van der Waals surface area contributed by atoms with Crippen LogP contribution in [0, 0.1) is 0 Å². The van der Waals surface area contributed by atoms with E-state index in [2.05, 4.69) is 15.2 Å². The van der Waals surface area contributed by atoms with Gasteiger partial charge in [-0.05, 0) is 29.8 Å². The molecule has 3 heterocycles. The second kappa shape index (κ2) is 6.76. The van der Waals surface area contributed by atoms with Crippen LogP contribution in [0.2, 0.25) is 5.02 Å². The molecule has 0 bridgehead atoms. The van der Waals surface area contributed by atoms with Crippen molar-refractivity contribution in [1.29, 1.82) is 0 Å². The summed E-state index contributed by atoms with van der Waals surface area (Å²) in [4.78, 5) is 2.19. The first-order chi connectivity index (χ1) is 11.8. The van der Waals surface area contributed by atoms with Gasteiger partial charge < -0.3 is 9.15 Å². The first-order valence-electron chi connectivity index (χ1n) is 7.80. The number of hydrogen-bond donors (Lipinski definition) is 0. The molecule has 3 aromatic rings. The highest BCUT2D eigenvalue weighted by Crippen LogP contribution is 2.27. The lowest BCUT2D eigenvalue weighted by atomic mass is 10.2. The van der Waals surface area contributed by atoms with Gasteiger partial charge in [-0.15, -0.1) is 5.10 Å². The third-order valence-electron chi connectivity index (χ3n) is 3.99. The van der Waals surface area contributed by atoms with E-state index in [9.17, 15) is 0 Å². The van der Waals surface area contributed by atoms with Crippen molar-refractivity contribution in [2.75, 3.05) is 13.2 Å². The van der Waals surface area contributed by atoms with Gasteiger partial charge in [-0.2, -0.15) is 0 Å². The summed E-state index contributed by atoms with van der Waals surface area (Å²) < 4.78 is 13.1. The fourth-order valence-corrected chi connectivity index (χ4v) is 2.95. The van der Waals surface area contributed by atoms with E-state index in [1.807, 2.05) is 47.3 Å². The minimum absolute atomic E-state index is 0.186. The van der Waals surface area contributed by atoms with E-state index in [4.69, 9.17) is 20.8 Å². The zero-order chi connectivity index (χ0) is 16.4. The Morgan fingerprint density at radius 2 is 2.04 bits per heavy atom. The van der Waals surface area contributed by atoms with Crippen LogP contribution in [0.5, 0.6) is 0 Å². The van der Waals surface area contributed by atoms with Gasteiger partial charge in [-0.1, -0.05) is 28.9 Å². The number of halogens is 1. The molecule has 7 heteroatoms. The highest BCUT2D eigenvalue weighted by Gasteiger charge is 2.29. The number of benzene rings is 1. The van der Waals surface area contributed by atoms with E-state index in [1.165, 1.54) is 0 Å². The summed E-state index contributed by atoms with van der Waals surface area (Å²) in [5.74, 6) is 0.916. The first-order valence-corrected chi connectivity index (χ1v) is 8.18. The lowest BCUT2D eigenvalue weighted by Gasteiger charge is -2.19. The molecule has 2 aromatic heterocycles. The van der Waals surface area contributed by atoms with Crippen LogP contribution >= 0.6 is 11.6 Å². The van der Waals surface area contributed by atoms with E-state index in [1.54, 1.807) is 6.26 Å². The van der Waals surface area contributed by atoms with Crippen LogP contribution < -0.4 is 0 Å². The number of aromatic nitrogens is 3. The third kappa shape index (κ3) is 3.36. The molecule has 1 atom stereocenters. The Balaban J connectivity index is 1.46. The molecule has 1 aliphatic heterocycles. The van der Waals surface area contributed by atoms with Gasteiger partial charge in [0.25, 0.3) is 0 Å². The van der Waals surface area contributed by atoms with Crippen molar-refractivity contribution in [3.8, 4) is 0 Å². The van der Waals surface area contributed by atoms with Crippen molar-refractivity contribution in [2.45, 2.75) is 19.3 Å². The molecular formula is C17H17ClN4O2. The van der Waals surface area contributed by atoms with Gasteiger partial charge in [-0.25, -0.2) is 4.68 Å². The second-order valence-corrected chi connectivity index (χ2v) is 6.18. The summed E-state index contributed by atoms with van der Waals surface area (Å²) in [6.45, 7) is 2.86. The van der Waals surface area contributed by atoms with E-state index in [-0.39, 0.29) is 6.23 Å². The highest BCUT2D eigenvalue weighted by atomic mass is 35.5. The molecule has 0 radical (unpaired) electrons. The maximum Gasteiger partial charge on any atom is 0.157 e. The van der Waals surface area contributed by atoms with E-state index >= 15 is 0 Å². The van der Waals surface area contributed by atoms with Crippen molar-refractivity contribution < 1.29 is 9.15 Å². The van der Waals surface area contributed by atoms with Crippen LogP contribution in [0.1, 0.15) is 23.2 Å². The van der Waals surface area contributed by atoms with E-state index in [0.717, 1.165) is 28.6 Å². The number of hydrogen-bond acceptors (Lipinski definition) is 5. The van der Waals surface area contributed by atoms with E-state index in [0.29, 0.717) is 19.7 Å². The molecule has 0 spiro atoms. The predicted octanol–water partition coefficient (Wildman–Crippen LogP) is 3.10. The SMILES string of the molecule is Clc1ccc(Cn2cc([C@@H]3OCCN3Cc3ccco3)nn2)cc1. The summed E-state index contributed by atoms with van der Waals surface area (Å²) in [7, 11) is 0. The van der Waals surface area contributed by atoms with Crippen LogP contribution in [0.4, 0.5) is 0 Å². The molecule has 0 amide bonds. The summed E-state index contributed by atoms with van der Waals surface area (Å²) in [5.41, 5.74) is 1.93. The molecule has 124 valence electrons. The van der Waals surface area contributed by atoms with Crippen molar-refractivity contribution in [3.63, 3.8) is 0 Å². The highest BCUT2D eigenvalue weighted by molar-refractivity contribution is 6.30. The Labute approximate surface area is 144 Å². The topological polar surface area (TPSA) is 56.3 Å². The maximum absolute atomic E-state index is 5.91. The van der Waals surface area contributed by atoms with Crippen LogP contribution in [-0.4, -0.2) is 33.0 Å². The molecule has 1 aliphatic rings. The van der Waals surface area contributed by atoms with E-state index < -0.39 is 0 Å². The van der Waals surface area contributed by atoms with Crippen molar-refractivity contribution in [2.24, 2.45) is 0 Å². The Bertz CT molecular complexity index is 785. The average Bonchev–Trinajstić information content (AvgIpc) is 3.32. The van der Waals surface area contributed by atoms with Crippen molar-refractivity contribution in [1.82, 2.24) is 19.9 Å². The number of nitrogens with zero attached hydrogens (tertiary/aromatic N) is 4. The Hall–Kier alpha value is -2.15. The molecular weight excluding hydrogens is 328 g/mol. The van der Waals surface area contributed by atoms with Crippen LogP contribution in [0.3, 0.4) is 0 Å². The molecule has 1 fully saturated rings. The molecule has 1 aromatic carbocycles. The first kappa shape index (κ1) is 15.4. The monoisotopic (exact) mass is 344 g/mol. The van der Waals surface area contributed by atoms with Crippen LogP contribution in [0.15, 0.2) is 53.3 Å². The largest absolute Gasteiger partial charge is 0.468 e. The Morgan fingerprint density at radius 1 is 1.17 bits per heavy atom. The average molecular weight is 345 g/mol. The Morgan fingerprint density at radius 3 is 2.83 bits per heavy atom. The van der Waals surface area contributed by atoms with Crippen molar-refractivity contribution >= 4 is 11.6 Å². The molecule has 0 saturated carbocycles. The van der Waals surface area contributed by atoms with Crippen LogP contribution in [-0.2, 0) is 17.8 Å². The quantitative estimate of drug-likeness (QED) is 0.712. The fraction of sp³-hybridized carbons (Fsp3) is 0.294. The molecule has 0 N–H and O–H groups in total. The van der Waals surface area contributed by atoms with Gasteiger partial charge in [0, 0.05) is 11.6 Å². The second-order valence-electron chi connectivity index (χ2n) is 5.74. The van der Waals surface area contributed by atoms with Gasteiger partial charge in [0.05, 0.1) is 32.2 Å². The molecule has 24 heavy (non-hydrogen) atoms. The summed E-state index contributed by atoms with van der Waals surface area (Å²) >= 11 is 5.91. The third-order valence-corrected chi connectivity index (χ3v) is 4.24. The smallest absolute Gasteiger partial charge is 0.157 e. The minimum Gasteiger partial charge on any atom is -0.468 e. The van der Waals surface area contributed by atoms with Gasteiger partial charge >= 0.3 is 0 Å². The normalized spacial score (nSPS) is 18.3. The number of rotatable bonds is 5. The maximum atomic E-state index is 5.91. The van der Waals surface area contributed by atoms with Crippen LogP contribution in [0.25, 0.3) is 0 Å². The number of ether oxygens (including phenoxy) is 1. The standard InChI is InChI=1S/C17H17ClN4O2/c18-14-5-3-13(4-6-14)10-22-12-16(19-20-22)17-21(7-9-24-17)11-15-2-1-8-23-15/h1-6,8,12,17H,7,9-11H2/t17-/m0/s1. The molecule has 6 nitrogen and oxygen atoms in total. The van der Waals surface area contributed by atoms with Gasteiger partial charge in [0.15, 0.2) is 6.23 Å². The molecule has 0 aliphatic carbocycles. The molecule has 0 unspecified atom stereocenters. The lowest BCUT2D eigenvalue weighted by molar-refractivity contribution is 0.0223. The zero-order valence-electron chi connectivity index (χ0n) is 13.0. The summed E-state index contributed by atoms with van der Waals surface area (Å²) in [5, 5.41) is 9.22. The van der Waals surface area contributed by atoms with Gasteiger partial charge in [-0.3, -0.25) is 4.90 Å². The zero-order valence-corrected chi connectivity index (χ0v) is 13.8. The Kier molecular flexibility index (Phi) is 4.34.